The maximum Gasteiger partial charge on any atom is 0.339 e. The molecule has 0 radical (unpaired) electrons. The molecule has 2 atom stereocenters. The maximum absolute atomic E-state index is 11.5. The molecule has 1 aliphatic carbocycles. The van der Waals surface area contributed by atoms with Gasteiger partial charge in [-0.2, -0.15) is 0 Å². The zero-order valence-corrected chi connectivity index (χ0v) is 12.0. The quantitative estimate of drug-likeness (QED) is 0.900. The summed E-state index contributed by atoms with van der Waals surface area (Å²) in [6.45, 7) is 3.77. The molecule has 108 valence electrons. The molecule has 20 heavy (non-hydrogen) atoms. The highest BCUT2D eigenvalue weighted by molar-refractivity contribution is 5.95. The van der Waals surface area contributed by atoms with Gasteiger partial charge in [-0.25, -0.2) is 9.78 Å². The van der Waals surface area contributed by atoms with E-state index < -0.39 is 5.97 Å². The first-order chi connectivity index (χ1) is 9.66. The van der Waals surface area contributed by atoms with Gasteiger partial charge in [-0.15, -0.1) is 0 Å². The van der Waals surface area contributed by atoms with Crippen molar-refractivity contribution in [3.63, 3.8) is 0 Å². The van der Waals surface area contributed by atoms with Crippen LogP contribution in [0.2, 0.25) is 0 Å². The predicted octanol–water partition coefficient (Wildman–Crippen LogP) is 3.10. The Morgan fingerprint density at radius 3 is 2.80 bits per heavy atom. The van der Waals surface area contributed by atoms with Crippen LogP contribution in [-0.4, -0.2) is 29.1 Å². The first kappa shape index (κ1) is 13.4. The number of aryl methyl sites for hydroxylation is 1. The van der Waals surface area contributed by atoms with Crippen molar-refractivity contribution in [2.24, 2.45) is 11.8 Å². The molecule has 1 saturated heterocycles. The number of carboxylic acid groups (broad SMARTS) is 1. The van der Waals surface area contributed by atoms with Gasteiger partial charge < -0.3 is 10.0 Å². The lowest BCUT2D eigenvalue weighted by molar-refractivity contribution is 0.0696. The number of aromatic nitrogens is 1. The van der Waals surface area contributed by atoms with Crippen molar-refractivity contribution in [1.29, 1.82) is 0 Å². The van der Waals surface area contributed by atoms with Gasteiger partial charge in [0.15, 0.2) is 0 Å². The first-order valence-corrected chi connectivity index (χ1v) is 7.60. The number of anilines is 1. The van der Waals surface area contributed by atoms with Crippen LogP contribution >= 0.6 is 0 Å². The molecule has 2 unspecified atom stereocenters. The fraction of sp³-hybridized carbons (Fsp3) is 0.625. The molecular weight excluding hydrogens is 252 g/mol. The Morgan fingerprint density at radius 1 is 1.30 bits per heavy atom. The van der Waals surface area contributed by atoms with Crippen molar-refractivity contribution in [3.05, 3.63) is 23.4 Å². The van der Waals surface area contributed by atoms with Crippen molar-refractivity contribution < 1.29 is 9.90 Å². The summed E-state index contributed by atoms with van der Waals surface area (Å²) in [4.78, 5) is 18.1. The molecule has 2 heterocycles. The SMILES string of the molecule is Cc1ccnc(N2CCC3CCCCC3C2)c1C(=O)O. The molecule has 0 spiro atoms. The van der Waals surface area contributed by atoms with E-state index in [1.165, 1.54) is 32.1 Å². The number of nitrogens with zero attached hydrogens (tertiary/aromatic N) is 2. The summed E-state index contributed by atoms with van der Waals surface area (Å²) < 4.78 is 0. The standard InChI is InChI=1S/C16H22N2O2/c1-11-6-8-17-15(14(11)16(19)20)18-9-7-12-4-2-3-5-13(12)10-18/h6,8,12-13H,2-5,7,9-10H2,1H3,(H,19,20). The number of rotatable bonds is 2. The fourth-order valence-corrected chi connectivity index (χ4v) is 3.84. The van der Waals surface area contributed by atoms with E-state index in [-0.39, 0.29) is 0 Å². The van der Waals surface area contributed by atoms with Crippen LogP contribution < -0.4 is 4.90 Å². The van der Waals surface area contributed by atoms with Crippen LogP contribution in [0.4, 0.5) is 5.82 Å². The summed E-state index contributed by atoms with van der Waals surface area (Å²) in [6, 6.07) is 1.78. The van der Waals surface area contributed by atoms with Crippen molar-refractivity contribution in [1.82, 2.24) is 4.98 Å². The second-order valence-corrected chi connectivity index (χ2v) is 6.17. The highest BCUT2D eigenvalue weighted by Gasteiger charge is 2.33. The summed E-state index contributed by atoms with van der Waals surface area (Å²) in [5.74, 6) is 1.37. The zero-order chi connectivity index (χ0) is 14.1. The Morgan fingerprint density at radius 2 is 2.05 bits per heavy atom. The number of carboxylic acids is 1. The third-order valence-electron chi connectivity index (χ3n) is 4.94. The molecule has 3 rings (SSSR count). The molecule has 1 N–H and O–H groups in total. The second kappa shape index (κ2) is 5.43. The van der Waals surface area contributed by atoms with Gasteiger partial charge in [0.25, 0.3) is 0 Å². The van der Waals surface area contributed by atoms with Crippen molar-refractivity contribution in [2.75, 3.05) is 18.0 Å². The van der Waals surface area contributed by atoms with Gasteiger partial charge in [0.2, 0.25) is 0 Å². The summed E-state index contributed by atoms with van der Waals surface area (Å²) in [7, 11) is 0. The van der Waals surface area contributed by atoms with Crippen LogP contribution in [0.5, 0.6) is 0 Å². The molecule has 2 fully saturated rings. The van der Waals surface area contributed by atoms with Gasteiger partial charge in [-0.1, -0.05) is 19.3 Å². The van der Waals surface area contributed by atoms with Crippen molar-refractivity contribution in [2.45, 2.75) is 39.0 Å². The molecule has 4 nitrogen and oxygen atoms in total. The lowest BCUT2D eigenvalue weighted by Crippen LogP contribution is -2.42. The van der Waals surface area contributed by atoms with E-state index in [0.29, 0.717) is 11.4 Å². The van der Waals surface area contributed by atoms with Gasteiger partial charge in [-0.05, 0) is 43.2 Å². The van der Waals surface area contributed by atoms with E-state index in [2.05, 4.69) is 9.88 Å². The number of piperidine rings is 1. The molecule has 1 aromatic rings. The average Bonchev–Trinajstić information content (AvgIpc) is 2.46. The molecule has 0 aromatic carbocycles. The predicted molar refractivity (Wildman–Crippen MR) is 78.2 cm³/mol. The van der Waals surface area contributed by atoms with Crippen LogP contribution in [-0.2, 0) is 0 Å². The van der Waals surface area contributed by atoms with Gasteiger partial charge in [0.1, 0.15) is 11.4 Å². The van der Waals surface area contributed by atoms with E-state index in [0.717, 1.165) is 30.5 Å². The number of hydrogen-bond donors (Lipinski definition) is 1. The van der Waals surface area contributed by atoms with Gasteiger partial charge in [0, 0.05) is 19.3 Å². The number of aromatic carboxylic acids is 1. The van der Waals surface area contributed by atoms with Crippen LogP contribution in [0.15, 0.2) is 12.3 Å². The third kappa shape index (κ3) is 2.39. The Balaban J connectivity index is 1.86. The Hall–Kier alpha value is -1.58. The van der Waals surface area contributed by atoms with E-state index in [4.69, 9.17) is 0 Å². The molecule has 0 amide bonds. The molecule has 1 saturated carbocycles. The largest absolute Gasteiger partial charge is 0.478 e. The maximum atomic E-state index is 11.5. The molecule has 0 bridgehead atoms. The van der Waals surface area contributed by atoms with Gasteiger partial charge >= 0.3 is 5.97 Å². The number of pyridine rings is 1. The van der Waals surface area contributed by atoms with Crippen LogP contribution in [0.1, 0.15) is 48.0 Å². The first-order valence-electron chi connectivity index (χ1n) is 7.60. The summed E-state index contributed by atoms with van der Waals surface area (Å²) >= 11 is 0. The Bertz CT molecular complexity index is 515. The minimum absolute atomic E-state index is 0.377. The topological polar surface area (TPSA) is 53.4 Å². The Labute approximate surface area is 119 Å². The molecular formula is C16H22N2O2. The highest BCUT2D eigenvalue weighted by Crippen LogP contribution is 2.37. The number of carbonyl (C=O) groups is 1. The summed E-state index contributed by atoms with van der Waals surface area (Å²) in [5, 5.41) is 9.44. The molecule has 1 aliphatic heterocycles. The lowest BCUT2D eigenvalue weighted by atomic mass is 9.75. The van der Waals surface area contributed by atoms with Gasteiger partial charge in [0.05, 0.1) is 0 Å². The van der Waals surface area contributed by atoms with Crippen molar-refractivity contribution in [3.8, 4) is 0 Å². The minimum Gasteiger partial charge on any atom is -0.478 e. The normalized spacial score (nSPS) is 26.1. The Kier molecular flexibility index (Phi) is 3.64. The van der Waals surface area contributed by atoms with E-state index in [1.807, 2.05) is 6.92 Å². The zero-order valence-electron chi connectivity index (χ0n) is 12.0. The van der Waals surface area contributed by atoms with E-state index in [1.54, 1.807) is 12.3 Å². The average molecular weight is 274 g/mol. The second-order valence-electron chi connectivity index (χ2n) is 6.17. The molecule has 2 aliphatic rings. The lowest BCUT2D eigenvalue weighted by Gasteiger charge is -2.42. The van der Waals surface area contributed by atoms with E-state index >= 15 is 0 Å². The monoisotopic (exact) mass is 274 g/mol. The molecule has 1 aromatic heterocycles. The number of fused-ring (bicyclic) bond motifs is 1. The smallest absolute Gasteiger partial charge is 0.339 e. The van der Waals surface area contributed by atoms with Crippen molar-refractivity contribution >= 4 is 11.8 Å². The minimum atomic E-state index is -0.864. The summed E-state index contributed by atoms with van der Waals surface area (Å²) in [5.41, 5.74) is 1.18. The third-order valence-corrected chi connectivity index (χ3v) is 4.94. The van der Waals surface area contributed by atoms with E-state index in [9.17, 15) is 9.90 Å². The highest BCUT2D eigenvalue weighted by atomic mass is 16.4. The van der Waals surface area contributed by atoms with Gasteiger partial charge in [-0.3, -0.25) is 0 Å². The summed E-state index contributed by atoms with van der Waals surface area (Å²) in [6.07, 6.45) is 8.23. The van der Waals surface area contributed by atoms with Crippen LogP contribution in [0.3, 0.4) is 0 Å². The van der Waals surface area contributed by atoms with Crippen LogP contribution in [0.25, 0.3) is 0 Å². The fourth-order valence-electron chi connectivity index (χ4n) is 3.84. The number of hydrogen-bond acceptors (Lipinski definition) is 3. The van der Waals surface area contributed by atoms with Crippen LogP contribution in [0, 0.1) is 18.8 Å². The molecule has 4 heteroatoms.